The van der Waals surface area contributed by atoms with Crippen molar-refractivity contribution >= 4 is 10.0 Å². The molecule has 2 N–H and O–H groups in total. The predicted molar refractivity (Wildman–Crippen MR) is 68.0 cm³/mol. The maximum atomic E-state index is 12.5. The van der Waals surface area contributed by atoms with Crippen molar-refractivity contribution in [3.05, 3.63) is 11.3 Å². The first kappa shape index (κ1) is 14.4. The monoisotopic (exact) mass is 289 g/mol. The lowest BCUT2D eigenvalue weighted by Gasteiger charge is -2.34. The first-order valence-corrected chi connectivity index (χ1v) is 7.60. The van der Waals surface area contributed by atoms with Crippen molar-refractivity contribution in [2.24, 2.45) is 0 Å². The molecule has 2 heterocycles. The fourth-order valence-electron chi connectivity index (χ4n) is 2.28. The summed E-state index contributed by atoms with van der Waals surface area (Å²) < 4.78 is 32.0. The van der Waals surface area contributed by atoms with Crippen molar-refractivity contribution in [3.8, 4) is 0 Å². The van der Waals surface area contributed by atoms with E-state index < -0.39 is 10.0 Å². The second-order valence-electron chi connectivity index (χ2n) is 4.87. The Morgan fingerprint density at radius 1 is 1.42 bits per heavy atom. The topological polar surface area (TPSA) is 95.5 Å². The highest BCUT2D eigenvalue weighted by Gasteiger charge is 2.35. The summed E-state index contributed by atoms with van der Waals surface area (Å²) >= 11 is 0. The van der Waals surface area contributed by atoms with Crippen LogP contribution in [0, 0.1) is 6.92 Å². The van der Waals surface area contributed by atoms with E-state index in [4.69, 9.17) is 4.74 Å². The zero-order valence-electron chi connectivity index (χ0n) is 11.3. The van der Waals surface area contributed by atoms with Gasteiger partial charge in [0, 0.05) is 24.3 Å². The van der Waals surface area contributed by atoms with E-state index in [9.17, 15) is 13.5 Å². The number of nitrogens with one attached hydrogen (secondary N) is 1. The maximum Gasteiger partial charge on any atom is 0.262 e. The van der Waals surface area contributed by atoms with E-state index in [-0.39, 0.29) is 23.8 Å². The Bertz CT molecular complexity index is 544. The van der Waals surface area contributed by atoms with Crippen LogP contribution in [0.2, 0.25) is 0 Å². The second-order valence-corrected chi connectivity index (χ2v) is 6.72. The fraction of sp³-hybridized carbons (Fsp3) is 0.727. The summed E-state index contributed by atoms with van der Waals surface area (Å²) in [6.45, 7) is 5.59. The van der Waals surface area contributed by atoms with Gasteiger partial charge < -0.3 is 9.84 Å². The summed E-state index contributed by atoms with van der Waals surface area (Å²) in [4.78, 5) is 0. The molecule has 0 amide bonds. The van der Waals surface area contributed by atoms with Crippen molar-refractivity contribution < 1.29 is 18.3 Å². The second kappa shape index (κ2) is 5.20. The van der Waals surface area contributed by atoms with Gasteiger partial charge in [-0.15, -0.1) is 0 Å². The number of aryl methyl sites for hydroxylation is 1. The molecular weight excluding hydrogens is 270 g/mol. The van der Waals surface area contributed by atoms with Crippen LogP contribution in [0.1, 0.15) is 25.1 Å². The van der Waals surface area contributed by atoms with E-state index in [1.807, 2.05) is 13.8 Å². The van der Waals surface area contributed by atoms with Crippen LogP contribution in [-0.4, -0.2) is 53.3 Å². The van der Waals surface area contributed by atoms with E-state index in [2.05, 4.69) is 10.2 Å². The summed E-state index contributed by atoms with van der Waals surface area (Å²) in [6.07, 6.45) is -0.313. The zero-order chi connectivity index (χ0) is 14.2. The van der Waals surface area contributed by atoms with E-state index in [0.717, 1.165) is 0 Å². The number of sulfonamides is 1. The highest BCUT2D eigenvalue weighted by Crippen LogP contribution is 2.23. The zero-order valence-corrected chi connectivity index (χ0v) is 12.1. The lowest BCUT2D eigenvalue weighted by Crippen LogP contribution is -2.48. The number of rotatable bonds is 3. The summed E-state index contributed by atoms with van der Waals surface area (Å²) in [5.74, 6) is 0. The standard InChI is InChI=1S/C11H19N3O4S/c1-7-4-14(5-8(2)18-7)19(16,17)11-10(6-15)9(3)12-13-11/h7-8,15H,4-6H2,1-3H3,(H,12,13)/t7-,8+. The number of morpholine rings is 1. The Kier molecular flexibility index (Phi) is 3.95. The Morgan fingerprint density at radius 3 is 2.53 bits per heavy atom. The molecule has 2 atom stereocenters. The minimum Gasteiger partial charge on any atom is -0.392 e. The molecular formula is C11H19N3O4S. The molecule has 0 aromatic carbocycles. The summed E-state index contributed by atoms with van der Waals surface area (Å²) in [5, 5.41) is 15.6. The first-order chi connectivity index (χ1) is 8.86. The predicted octanol–water partition coefficient (Wildman–Crippen LogP) is 0.00832. The number of aromatic amines is 1. The average molecular weight is 289 g/mol. The molecule has 0 bridgehead atoms. The number of aliphatic hydroxyl groups excluding tert-OH is 1. The van der Waals surface area contributed by atoms with Crippen LogP contribution in [0.25, 0.3) is 0 Å². The van der Waals surface area contributed by atoms with Crippen molar-refractivity contribution in [2.75, 3.05) is 13.1 Å². The van der Waals surface area contributed by atoms with Crippen LogP contribution in [0.15, 0.2) is 5.03 Å². The molecule has 1 aliphatic heterocycles. The van der Waals surface area contributed by atoms with Gasteiger partial charge in [-0.25, -0.2) is 8.42 Å². The Morgan fingerprint density at radius 2 is 2.00 bits per heavy atom. The number of H-pyrrole nitrogens is 1. The normalized spacial score (nSPS) is 25.7. The van der Waals surface area contributed by atoms with Gasteiger partial charge in [0.2, 0.25) is 0 Å². The molecule has 7 nitrogen and oxygen atoms in total. The third kappa shape index (κ3) is 2.66. The molecule has 8 heteroatoms. The molecule has 1 aliphatic rings. The number of hydrogen-bond donors (Lipinski definition) is 2. The first-order valence-electron chi connectivity index (χ1n) is 6.16. The summed E-state index contributed by atoms with van der Waals surface area (Å²) in [7, 11) is -3.70. The van der Waals surface area contributed by atoms with Crippen molar-refractivity contribution in [1.82, 2.24) is 14.5 Å². The van der Waals surface area contributed by atoms with Gasteiger partial charge in [0.15, 0.2) is 5.03 Å². The Labute approximate surface area is 112 Å². The Balaban J connectivity index is 2.36. The fourth-order valence-corrected chi connectivity index (χ4v) is 4.03. The van der Waals surface area contributed by atoms with Gasteiger partial charge in [-0.2, -0.15) is 9.40 Å². The van der Waals surface area contributed by atoms with Crippen molar-refractivity contribution in [2.45, 2.75) is 44.6 Å². The summed E-state index contributed by atoms with van der Waals surface area (Å²) in [6, 6.07) is 0. The largest absolute Gasteiger partial charge is 0.392 e. The minimum atomic E-state index is -3.70. The number of aliphatic hydroxyl groups is 1. The van der Waals surface area contributed by atoms with Gasteiger partial charge >= 0.3 is 0 Å². The highest BCUT2D eigenvalue weighted by molar-refractivity contribution is 7.89. The lowest BCUT2D eigenvalue weighted by atomic mass is 10.3. The molecule has 19 heavy (non-hydrogen) atoms. The molecule has 0 aliphatic carbocycles. The van der Waals surface area contributed by atoms with E-state index >= 15 is 0 Å². The number of ether oxygens (including phenoxy) is 1. The summed E-state index contributed by atoms with van der Waals surface area (Å²) in [5.41, 5.74) is 0.891. The SMILES string of the molecule is Cc1[nH]nc(S(=O)(=O)N2C[C@@H](C)O[C@@H](C)C2)c1CO. The molecule has 0 saturated carbocycles. The molecule has 0 spiro atoms. The van der Waals surface area contributed by atoms with Gasteiger partial charge in [0.25, 0.3) is 10.0 Å². The molecule has 1 aromatic rings. The average Bonchev–Trinajstić information content (AvgIpc) is 2.69. The lowest BCUT2D eigenvalue weighted by molar-refractivity contribution is -0.0441. The van der Waals surface area contributed by atoms with Crippen LogP contribution in [-0.2, 0) is 21.4 Å². The smallest absolute Gasteiger partial charge is 0.262 e. The molecule has 108 valence electrons. The van der Waals surface area contributed by atoms with Gasteiger partial charge in [-0.3, -0.25) is 5.10 Å². The number of nitrogens with zero attached hydrogens (tertiary/aromatic N) is 2. The van der Waals surface area contributed by atoms with Gasteiger partial charge in [0.1, 0.15) is 0 Å². The minimum absolute atomic E-state index is 0.0891. The molecule has 0 unspecified atom stereocenters. The van der Waals surface area contributed by atoms with Gasteiger partial charge in [-0.1, -0.05) is 0 Å². The third-order valence-electron chi connectivity index (χ3n) is 3.16. The van der Waals surface area contributed by atoms with Crippen LogP contribution in [0.5, 0.6) is 0 Å². The van der Waals surface area contributed by atoms with Crippen LogP contribution in [0.4, 0.5) is 0 Å². The molecule has 1 saturated heterocycles. The van der Waals surface area contributed by atoms with Crippen molar-refractivity contribution in [3.63, 3.8) is 0 Å². The van der Waals surface area contributed by atoms with Crippen LogP contribution < -0.4 is 0 Å². The van der Waals surface area contributed by atoms with E-state index in [1.54, 1.807) is 6.92 Å². The Hall–Kier alpha value is -0.960. The number of aromatic nitrogens is 2. The molecule has 2 rings (SSSR count). The quantitative estimate of drug-likeness (QED) is 0.817. The molecule has 1 fully saturated rings. The maximum absolute atomic E-state index is 12.5. The number of hydrogen-bond acceptors (Lipinski definition) is 5. The third-order valence-corrected chi connectivity index (χ3v) is 4.97. The van der Waals surface area contributed by atoms with Crippen LogP contribution in [0.3, 0.4) is 0 Å². The van der Waals surface area contributed by atoms with Gasteiger partial charge in [0.05, 0.1) is 18.8 Å². The van der Waals surface area contributed by atoms with Crippen LogP contribution >= 0.6 is 0 Å². The molecule has 1 aromatic heterocycles. The molecule has 0 radical (unpaired) electrons. The van der Waals surface area contributed by atoms with E-state index in [1.165, 1.54) is 4.31 Å². The van der Waals surface area contributed by atoms with E-state index in [0.29, 0.717) is 24.3 Å². The van der Waals surface area contributed by atoms with Gasteiger partial charge in [-0.05, 0) is 20.8 Å². The van der Waals surface area contributed by atoms with Crippen molar-refractivity contribution in [1.29, 1.82) is 0 Å². The highest BCUT2D eigenvalue weighted by atomic mass is 32.2.